The van der Waals surface area contributed by atoms with Crippen LogP contribution in [-0.4, -0.2) is 54.6 Å². The third-order valence-electron chi connectivity index (χ3n) is 6.24. The summed E-state index contributed by atoms with van der Waals surface area (Å²) in [5, 5.41) is 0.0210. The number of benzene rings is 2. The first-order valence-electron chi connectivity index (χ1n) is 11.1. The molecule has 0 saturated carbocycles. The molecule has 2 heterocycles. The van der Waals surface area contributed by atoms with Crippen LogP contribution < -0.4 is 0 Å². The Hall–Kier alpha value is -3.85. The summed E-state index contributed by atoms with van der Waals surface area (Å²) in [4.78, 5) is 56.4. The summed E-state index contributed by atoms with van der Waals surface area (Å²) in [6.07, 6.45) is 0. The maximum Gasteiger partial charge on any atom is 0.336 e. The van der Waals surface area contributed by atoms with Crippen molar-refractivity contribution in [2.45, 2.75) is 19.8 Å². The number of methoxy groups -OCH3 is 1. The second-order valence-electron chi connectivity index (χ2n) is 8.31. The quantitative estimate of drug-likeness (QED) is 0.429. The standard InChI is InChI=1S/C26H22ClFN2O6/c1-13-19(25(33)35-3)22(21-17(27)9-6-10-18(21)28)20(14(2)29-13)26(34)36-12-11-30-23(31)15-7-4-5-8-16(15)24(30)32/h4-10,19,22H,11-12H2,1-3H3. The van der Waals surface area contributed by atoms with Gasteiger partial charge in [-0.05, 0) is 38.1 Å². The van der Waals surface area contributed by atoms with Crippen molar-refractivity contribution in [2.24, 2.45) is 10.9 Å². The fourth-order valence-corrected chi connectivity index (χ4v) is 4.88. The molecule has 0 saturated heterocycles. The maximum atomic E-state index is 15.0. The number of aliphatic imine (C=N–C) groups is 1. The van der Waals surface area contributed by atoms with E-state index in [9.17, 15) is 19.2 Å². The van der Waals surface area contributed by atoms with E-state index in [0.717, 1.165) is 4.90 Å². The molecule has 0 bridgehead atoms. The number of ether oxygens (including phenoxy) is 2. The van der Waals surface area contributed by atoms with Crippen LogP contribution in [0.15, 0.2) is 58.7 Å². The lowest BCUT2D eigenvalue weighted by atomic mass is 9.75. The molecule has 2 amide bonds. The molecule has 0 N–H and O–H groups in total. The molecule has 8 nitrogen and oxygen atoms in total. The first-order chi connectivity index (χ1) is 17.2. The van der Waals surface area contributed by atoms with Crippen LogP contribution >= 0.6 is 11.6 Å². The molecule has 36 heavy (non-hydrogen) atoms. The van der Waals surface area contributed by atoms with E-state index in [-0.39, 0.29) is 46.1 Å². The lowest BCUT2D eigenvalue weighted by Gasteiger charge is -2.32. The highest BCUT2D eigenvalue weighted by molar-refractivity contribution is 6.31. The highest BCUT2D eigenvalue weighted by Gasteiger charge is 2.44. The van der Waals surface area contributed by atoms with E-state index in [2.05, 4.69) is 4.99 Å². The molecule has 2 atom stereocenters. The van der Waals surface area contributed by atoms with Gasteiger partial charge in [-0.15, -0.1) is 0 Å². The van der Waals surface area contributed by atoms with Crippen LogP contribution in [-0.2, 0) is 19.1 Å². The normalized spacial score (nSPS) is 19.2. The van der Waals surface area contributed by atoms with Crippen LogP contribution in [0.4, 0.5) is 4.39 Å². The van der Waals surface area contributed by atoms with Gasteiger partial charge in [-0.25, -0.2) is 9.18 Å². The lowest BCUT2D eigenvalue weighted by molar-refractivity contribution is -0.144. The fraction of sp³-hybridized carbons (Fsp3) is 0.269. The number of carbonyl (C=O) groups excluding carboxylic acids is 4. The summed E-state index contributed by atoms with van der Waals surface area (Å²) >= 11 is 6.32. The predicted octanol–water partition coefficient (Wildman–Crippen LogP) is 3.94. The number of amides is 2. The van der Waals surface area contributed by atoms with Crippen molar-refractivity contribution in [3.63, 3.8) is 0 Å². The minimum Gasteiger partial charge on any atom is -0.468 e. The Balaban J connectivity index is 1.61. The number of esters is 2. The summed E-state index contributed by atoms with van der Waals surface area (Å²) in [5.74, 6) is -5.55. The van der Waals surface area contributed by atoms with Crippen molar-refractivity contribution in [3.05, 3.63) is 81.3 Å². The van der Waals surface area contributed by atoms with Gasteiger partial charge in [0.25, 0.3) is 11.8 Å². The number of rotatable bonds is 6. The third kappa shape index (κ3) is 4.30. The van der Waals surface area contributed by atoms with Crippen LogP contribution in [0.2, 0.25) is 5.02 Å². The van der Waals surface area contributed by atoms with Crippen LogP contribution in [0, 0.1) is 11.7 Å². The van der Waals surface area contributed by atoms with Gasteiger partial charge in [-0.1, -0.05) is 29.8 Å². The molecule has 0 aliphatic carbocycles. The van der Waals surface area contributed by atoms with Gasteiger partial charge in [-0.2, -0.15) is 0 Å². The topological polar surface area (TPSA) is 102 Å². The van der Waals surface area contributed by atoms with Gasteiger partial charge in [0.2, 0.25) is 0 Å². The molecule has 186 valence electrons. The van der Waals surface area contributed by atoms with Gasteiger partial charge >= 0.3 is 11.9 Å². The fourth-order valence-electron chi connectivity index (χ4n) is 4.60. The molecule has 0 spiro atoms. The second kappa shape index (κ2) is 10.0. The van der Waals surface area contributed by atoms with Crippen molar-refractivity contribution in [1.29, 1.82) is 0 Å². The zero-order valence-corrected chi connectivity index (χ0v) is 20.5. The van der Waals surface area contributed by atoms with E-state index >= 15 is 4.39 Å². The monoisotopic (exact) mass is 512 g/mol. The van der Waals surface area contributed by atoms with Crippen LogP contribution in [0.1, 0.15) is 46.0 Å². The molecule has 2 unspecified atom stereocenters. The zero-order chi connectivity index (χ0) is 26.1. The summed E-state index contributed by atoms with van der Waals surface area (Å²) in [6.45, 7) is 2.62. The number of imide groups is 1. The highest BCUT2D eigenvalue weighted by atomic mass is 35.5. The number of hydrogen-bond acceptors (Lipinski definition) is 7. The molecule has 2 aromatic carbocycles. The number of halogens is 2. The number of fused-ring (bicyclic) bond motifs is 1. The Morgan fingerprint density at radius 3 is 2.28 bits per heavy atom. The molecule has 0 fully saturated rings. The summed E-state index contributed by atoms with van der Waals surface area (Å²) in [5.41, 5.74) is 0.981. The molecule has 0 aromatic heterocycles. The molecular formula is C26H22ClFN2O6. The molecular weight excluding hydrogens is 491 g/mol. The number of allylic oxidation sites excluding steroid dienone is 1. The smallest absolute Gasteiger partial charge is 0.336 e. The van der Waals surface area contributed by atoms with Crippen molar-refractivity contribution >= 4 is 41.1 Å². The second-order valence-corrected chi connectivity index (χ2v) is 8.72. The van der Waals surface area contributed by atoms with Crippen molar-refractivity contribution < 1.29 is 33.0 Å². The van der Waals surface area contributed by atoms with Gasteiger partial charge in [0.15, 0.2) is 0 Å². The van der Waals surface area contributed by atoms with Crippen LogP contribution in [0.5, 0.6) is 0 Å². The number of carbonyl (C=O) groups is 4. The Kier molecular flexibility index (Phi) is 7.03. The van der Waals surface area contributed by atoms with Crippen molar-refractivity contribution in [1.82, 2.24) is 4.90 Å². The first-order valence-corrected chi connectivity index (χ1v) is 11.4. The first kappa shape index (κ1) is 25.2. The summed E-state index contributed by atoms with van der Waals surface area (Å²) in [7, 11) is 1.18. The molecule has 0 radical (unpaired) electrons. The number of nitrogens with zero attached hydrogens (tertiary/aromatic N) is 2. The van der Waals surface area contributed by atoms with Gasteiger partial charge in [0.05, 0.1) is 30.4 Å². The minimum atomic E-state index is -1.16. The SMILES string of the molecule is COC(=O)C1C(C)=NC(C)=C(C(=O)OCCN2C(=O)c3ccccc3C2=O)C1c1c(F)cccc1Cl. The minimum absolute atomic E-state index is 0.0210. The molecule has 2 aliphatic heterocycles. The summed E-state index contributed by atoms with van der Waals surface area (Å²) < 4.78 is 25.3. The van der Waals surface area contributed by atoms with E-state index in [4.69, 9.17) is 21.1 Å². The lowest BCUT2D eigenvalue weighted by Crippen LogP contribution is -2.37. The largest absolute Gasteiger partial charge is 0.468 e. The average Bonchev–Trinajstić information content (AvgIpc) is 3.08. The average molecular weight is 513 g/mol. The van der Waals surface area contributed by atoms with Gasteiger partial charge < -0.3 is 9.47 Å². The number of hydrogen-bond donors (Lipinski definition) is 0. The predicted molar refractivity (Wildman–Crippen MR) is 128 cm³/mol. The highest BCUT2D eigenvalue weighted by Crippen LogP contribution is 2.43. The van der Waals surface area contributed by atoms with Gasteiger partial charge in [0.1, 0.15) is 18.3 Å². The Morgan fingerprint density at radius 1 is 1.06 bits per heavy atom. The molecule has 2 aromatic rings. The van der Waals surface area contributed by atoms with Gasteiger partial charge in [-0.3, -0.25) is 24.3 Å². The van der Waals surface area contributed by atoms with E-state index in [1.165, 1.54) is 25.3 Å². The van der Waals surface area contributed by atoms with E-state index in [1.54, 1.807) is 38.1 Å². The zero-order valence-electron chi connectivity index (χ0n) is 19.7. The molecule has 2 aliphatic rings. The van der Waals surface area contributed by atoms with Gasteiger partial charge in [0, 0.05) is 27.9 Å². The van der Waals surface area contributed by atoms with Crippen molar-refractivity contribution in [3.8, 4) is 0 Å². The maximum absolute atomic E-state index is 15.0. The van der Waals surface area contributed by atoms with E-state index < -0.39 is 41.4 Å². The Labute approximate surface area is 211 Å². The van der Waals surface area contributed by atoms with E-state index in [0.29, 0.717) is 5.71 Å². The molecule has 4 rings (SSSR count). The third-order valence-corrected chi connectivity index (χ3v) is 6.57. The van der Waals surface area contributed by atoms with Crippen molar-refractivity contribution in [2.75, 3.05) is 20.3 Å². The van der Waals surface area contributed by atoms with E-state index in [1.807, 2.05) is 0 Å². The Morgan fingerprint density at radius 2 is 1.69 bits per heavy atom. The summed E-state index contributed by atoms with van der Waals surface area (Å²) in [6, 6.07) is 10.4. The Bertz CT molecular complexity index is 1300. The van der Waals surface area contributed by atoms with Crippen LogP contribution in [0.25, 0.3) is 0 Å². The molecule has 10 heteroatoms. The van der Waals surface area contributed by atoms with Crippen LogP contribution in [0.3, 0.4) is 0 Å².